The molecule has 2 rings (SSSR count). The Morgan fingerprint density at radius 2 is 1.75 bits per heavy atom. The second-order valence-corrected chi connectivity index (χ2v) is 3.98. The molecule has 0 bridgehead atoms. The van der Waals surface area contributed by atoms with Crippen LogP contribution in [-0.2, 0) is 6.18 Å². The molecule has 0 unspecified atom stereocenters. The highest BCUT2D eigenvalue weighted by molar-refractivity contribution is 5.94. The van der Waals surface area contributed by atoms with Gasteiger partial charge < -0.3 is 5.43 Å². The van der Waals surface area contributed by atoms with Gasteiger partial charge in [0.25, 0.3) is 0 Å². The second-order valence-electron chi connectivity index (χ2n) is 3.98. The Balaban J connectivity index is 3.00. The number of aromatic nitrogens is 1. The Morgan fingerprint density at radius 1 is 1.15 bits per heavy atom. The van der Waals surface area contributed by atoms with E-state index in [2.05, 4.69) is 4.98 Å². The molecule has 0 radical (unpaired) electrons. The summed E-state index contributed by atoms with van der Waals surface area (Å²) in [6.45, 7) is 0.991. The summed E-state index contributed by atoms with van der Waals surface area (Å²) in [5, 5.41) is -0.642. The Kier molecular flexibility index (Phi) is 3.24. The number of benzene rings is 1. The van der Waals surface area contributed by atoms with E-state index in [9.17, 15) is 26.3 Å². The van der Waals surface area contributed by atoms with Crippen LogP contribution in [0.15, 0.2) is 6.07 Å². The number of nitrogens with zero attached hydrogens (tertiary/aromatic N) is 1. The average Bonchev–Trinajstić information content (AvgIpc) is 2.35. The second kappa shape index (κ2) is 4.51. The molecule has 0 spiro atoms. The zero-order valence-electron chi connectivity index (χ0n) is 9.87. The predicted octanol–water partition coefficient (Wildman–Crippen LogP) is 3.26. The fraction of sp³-hybridized carbons (Fsp3) is 0.182. The summed E-state index contributed by atoms with van der Waals surface area (Å²) in [7, 11) is 0. The van der Waals surface area contributed by atoms with Crippen LogP contribution in [0.1, 0.15) is 11.3 Å². The minimum absolute atomic E-state index is 0.378. The molecule has 0 aliphatic rings. The molecule has 1 heterocycles. The third-order valence-corrected chi connectivity index (χ3v) is 2.77. The minimum Gasteiger partial charge on any atom is -0.323 e. The lowest BCUT2D eigenvalue weighted by molar-refractivity contribution is -0.141. The molecule has 3 N–H and O–H groups in total. The van der Waals surface area contributed by atoms with Gasteiger partial charge in [-0.3, -0.25) is 5.84 Å². The summed E-state index contributed by atoms with van der Waals surface area (Å²) in [6.07, 6.45) is -4.84. The van der Waals surface area contributed by atoms with Crippen LogP contribution in [0, 0.1) is 24.4 Å². The Morgan fingerprint density at radius 3 is 2.25 bits per heavy atom. The zero-order valence-corrected chi connectivity index (χ0v) is 9.87. The van der Waals surface area contributed by atoms with E-state index in [0.29, 0.717) is 6.07 Å². The highest BCUT2D eigenvalue weighted by atomic mass is 19.4. The van der Waals surface area contributed by atoms with Gasteiger partial charge in [0.15, 0.2) is 17.5 Å². The van der Waals surface area contributed by atoms with Crippen molar-refractivity contribution in [1.82, 2.24) is 4.98 Å². The van der Waals surface area contributed by atoms with Crippen molar-refractivity contribution in [3.63, 3.8) is 0 Å². The van der Waals surface area contributed by atoms with Gasteiger partial charge >= 0.3 is 6.18 Å². The molecule has 0 aliphatic carbocycles. The molecule has 0 aliphatic heterocycles. The number of halogens is 6. The number of nitrogens with two attached hydrogens (primary N) is 1. The molecule has 0 fully saturated rings. The third-order valence-electron chi connectivity index (χ3n) is 2.77. The van der Waals surface area contributed by atoms with E-state index in [1.165, 1.54) is 0 Å². The SMILES string of the molecule is Cc1c(C(F)(F)F)nc2cc(F)c(F)c(F)c2c1NN. The van der Waals surface area contributed by atoms with E-state index in [4.69, 9.17) is 5.84 Å². The van der Waals surface area contributed by atoms with Gasteiger partial charge in [-0.05, 0) is 6.92 Å². The van der Waals surface area contributed by atoms with Crippen molar-refractivity contribution in [1.29, 1.82) is 0 Å². The molecule has 1 aromatic carbocycles. The summed E-state index contributed by atoms with van der Waals surface area (Å²) in [6, 6.07) is 0.378. The number of fused-ring (bicyclic) bond motifs is 1. The van der Waals surface area contributed by atoms with E-state index in [-0.39, 0.29) is 0 Å². The number of nitrogen functional groups attached to an aromatic ring is 1. The van der Waals surface area contributed by atoms with E-state index in [1.54, 1.807) is 0 Å². The first-order valence-corrected chi connectivity index (χ1v) is 5.20. The molecule has 0 saturated heterocycles. The predicted molar refractivity (Wildman–Crippen MR) is 59.2 cm³/mol. The van der Waals surface area contributed by atoms with Crippen LogP contribution in [-0.4, -0.2) is 4.98 Å². The largest absolute Gasteiger partial charge is 0.433 e. The van der Waals surface area contributed by atoms with Crippen molar-refractivity contribution in [3.8, 4) is 0 Å². The number of anilines is 1. The number of hydrogen-bond acceptors (Lipinski definition) is 3. The van der Waals surface area contributed by atoms with Crippen molar-refractivity contribution in [2.24, 2.45) is 5.84 Å². The smallest absolute Gasteiger partial charge is 0.323 e. The molecule has 20 heavy (non-hydrogen) atoms. The highest BCUT2D eigenvalue weighted by Crippen LogP contribution is 2.38. The lowest BCUT2D eigenvalue weighted by Gasteiger charge is -2.16. The summed E-state index contributed by atoms with van der Waals surface area (Å²) in [4.78, 5) is 3.15. The van der Waals surface area contributed by atoms with Gasteiger partial charge in [0.2, 0.25) is 0 Å². The average molecular weight is 295 g/mol. The quantitative estimate of drug-likeness (QED) is 0.367. The number of hydrogen-bond donors (Lipinski definition) is 2. The monoisotopic (exact) mass is 295 g/mol. The first-order valence-electron chi connectivity index (χ1n) is 5.20. The molecule has 0 saturated carbocycles. The van der Waals surface area contributed by atoms with Crippen LogP contribution in [0.3, 0.4) is 0 Å². The molecule has 2 aromatic rings. The molecule has 3 nitrogen and oxygen atoms in total. The topological polar surface area (TPSA) is 50.9 Å². The van der Waals surface area contributed by atoms with Gasteiger partial charge in [-0.1, -0.05) is 0 Å². The molecule has 0 atom stereocenters. The highest BCUT2D eigenvalue weighted by Gasteiger charge is 2.36. The van der Waals surface area contributed by atoms with Gasteiger partial charge in [0, 0.05) is 11.6 Å². The molecule has 9 heteroatoms. The van der Waals surface area contributed by atoms with Gasteiger partial charge in [-0.25, -0.2) is 18.2 Å². The van der Waals surface area contributed by atoms with Crippen LogP contribution >= 0.6 is 0 Å². The van der Waals surface area contributed by atoms with E-state index >= 15 is 0 Å². The first-order chi connectivity index (χ1) is 9.18. The Bertz CT molecular complexity index is 695. The van der Waals surface area contributed by atoms with Crippen LogP contribution in [0.2, 0.25) is 0 Å². The molecular formula is C11H7F6N3. The van der Waals surface area contributed by atoms with E-state index < -0.39 is 51.5 Å². The molecule has 1 aromatic heterocycles. The minimum atomic E-state index is -4.84. The maximum absolute atomic E-state index is 13.7. The van der Waals surface area contributed by atoms with Crippen LogP contribution in [0.4, 0.5) is 32.0 Å². The summed E-state index contributed by atoms with van der Waals surface area (Å²) >= 11 is 0. The van der Waals surface area contributed by atoms with Gasteiger partial charge in [0.1, 0.15) is 5.69 Å². The number of alkyl halides is 3. The van der Waals surface area contributed by atoms with Crippen molar-refractivity contribution >= 4 is 16.6 Å². The Labute approximate surface area is 108 Å². The fourth-order valence-electron chi connectivity index (χ4n) is 1.88. The normalized spacial score (nSPS) is 12.0. The van der Waals surface area contributed by atoms with Crippen molar-refractivity contribution < 1.29 is 26.3 Å². The fourth-order valence-corrected chi connectivity index (χ4v) is 1.88. The van der Waals surface area contributed by atoms with E-state index in [0.717, 1.165) is 6.92 Å². The standard InChI is InChI=1S/C11H7F6N3/c1-3-9(20-18)6-5(19-10(3)11(15,16)17)2-4(12)7(13)8(6)14/h2H,18H2,1H3,(H,19,20). The lowest BCUT2D eigenvalue weighted by atomic mass is 10.1. The maximum Gasteiger partial charge on any atom is 0.433 e. The van der Waals surface area contributed by atoms with E-state index in [1.807, 2.05) is 5.43 Å². The third kappa shape index (κ3) is 2.03. The van der Waals surface area contributed by atoms with Crippen molar-refractivity contribution in [3.05, 3.63) is 34.8 Å². The molecular weight excluding hydrogens is 288 g/mol. The van der Waals surface area contributed by atoms with Crippen molar-refractivity contribution in [2.75, 3.05) is 5.43 Å². The molecule has 108 valence electrons. The Hall–Kier alpha value is -2.03. The summed E-state index contributed by atoms with van der Waals surface area (Å²) in [5.41, 5.74) is -1.19. The summed E-state index contributed by atoms with van der Waals surface area (Å²) in [5.74, 6) is -0.0442. The number of hydrazine groups is 1. The van der Waals surface area contributed by atoms with Crippen LogP contribution < -0.4 is 11.3 Å². The maximum atomic E-state index is 13.7. The van der Waals surface area contributed by atoms with Gasteiger partial charge in [0.05, 0.1) is 16.6 Å². The number of pyridine rings is 1. The van der Waals surface area contributed by atoms with Crippen LogP contribution in [0.25, 0.3) is 10.9 Å². The van der Waals surface area contributed by atoms with Gasteiger partial charge in [-0.15, -0.1) is 0 Å². The van der Waals surface area contributed by atoms with Crippen LogP contribution in [0.5, 0.6) is 0 Å². The number of nitrogens with one attached hydrogen (secondary N) is 1. The molecule has 0 amide bonds. The zero-order chi connectivity index (χ0) is 15.2. The number of rotatable bonds is 1. The van der Waals surface area contributed by atoms with Crippen molar-refractivity contribution in [2.45, 2.75) is 13.1 Å². The van der Waals surface area contributed by atoms with Gasteiger partial charge in [-0.2, -0.15) is 13.2 Å². The first kappa shape index (κ1) is 14.4. The summed E-state index contributed by atoms with van der Waals surface area (Å²) < 4.78 is 78.3. The lowest BCUT2D eigenvalue weighted by Crippen LogP contribution is -2.17.